The molecule has 4 fully saturated rings. The Hall–Kier alpha value is -1.36. The van der Waals surface area contributed by atoms with Crippen molar-refractivity contribution >= 4 is 5.91 Å². The van der Waals surface area contributed by atoms with Crippen LogP contribution in [0.25, 0.3) is 0 Å². The van der Waals surface area contributed by atoms with E-state index in [1.54, 1.807) is 0 Å². The number of hydrogen-bond acceptors (Lipinski definition) is 4. The molecule has 3 N–H and O–H groups in total. The van der Waals surface area contributed by atoms with Crippen LogP contribution in [0.1, 0.15) is 48.5 Å². The molecule has 0 spiro atoms. The van der Waals surface area contributed by atoms with Gasteiger partial charge in [-0.25, -0.2) is 4.98 Å². The monoisotopic (exact) mass is 289 g/mol. The summed E-state index contributed by atoms with van der Waals surface area (Å²) in [6.45, 7) is 0.483. The number of aromatic nitrogens is 1. The summed E-state index contributed by atoms with van der Waals surface area (Å²) >= 11 is 0. The molecule has 0 aliphatic heterocycles. The van der Waals surface area contributed by atoms with Gasteiger partial charge in [-0.15, -0.1) is 0 Å². The van der Waals surface area contributed by atoms with Crippen LogP contribution in [0.2, 0.25) is 0 Å². The van der Waals surface area contributed by atoms with Crippen molar-refractivity contribution in [1.29, 1.82) is 0 Å². The van der Waals surface area contributed by atoms with Crippen molar-refractivity contribution in [2.24, 2.45) is 29.4 Å². The van der Waals surface area contributed by atoms with Gasteiger partial charge in [-0.05, 0) is 55.8 Å². The lowest BCUT2D eigenvalue weighted by Crippen LogP contribution is -2.55. The van der Waals surface area contributed by atoms with E-state index >= 15 is 0 Å². The van der Waals surface area contributed by atoms with Gasteiger partial charge >= 0.3 is 0 Å². The van der Waals surface area contributed by atoms with Gasteiger partial charge in [-0.1, -0.05) is 0 Å². The Morgan fingerprint density at radius 2 is 1.90 bits per heavy atom. The zero-order chi connectivity index (χ0) is 14.4. The summed E-state index contributed by atoms with van der Waals surface area (Å²) in [7, 11) is 0. The number of nitrogens with zero attached hydrogens (tertiary/aromatic N) is 1. The average molecular weight is 289 g/mol. The molecule has 1 aromatic heterocycles. The number of hydrogen-bond donors (Lipinski definition) is 2. The number of amides is 1. The second-order valence-electron chi connectivity index (χ2n) is 7.10. The maximum absolute atomic E-state index is 12.4. The minimum absolute atomic E-state index is 0.0838. The maximum Gasteiger partial charge on any atom is 0.273 e. The van der Waals surface area contributed by atoms with E-state index in [2.05, 4.69) is 10.3 Å². The molecule has 1 heterocycles. The van der Waals surface area contributed by atoms with Crippen LogP contribution in [-0.4, -0.2) is 23.5 Å². The molecule has 21 heavy (non-hydrogen) atoms. The fourth-order valence-corrected chi connectivity index (χ4v) is 5.04. The molecule has 0 aromatic carbocycles. The summed E-state index contributed by atoms with van der Waals surface area (Å²) in [5, 5.41) is 3.24. The molecule has 5 rings (SSSR count). The predicted octanol–water partition coefficient (Wildman–Crippen LogP) is 1.73. The number of oxazole rings is 1. The first-order chi connectivity index (χ1) is 10.2. The van der Waals surface area contributed by atoms with E-state index in [0.717, 1.165) is 11.8 Å². The Labute approximate surface area is 124 Å². The van der Waals surface area contributed by atoms with Crippen molar-refractivity contribution < 1.29 is 9.21 Å². The number of carbonyl (C=O) groups excluding carboxylic acids is 1. The Morgan fingerprint density at radius 1 is 1.24 bits per heavy atom. The van der Waals surface area contributed by atoms with E-state index in [0.29, 0.717) is 42.4 Å². The van der Waals surface area contributed by atoms with E-state index < -0.39 is 0 Å². The first kappa shape index (κ1) is 13.3. The lowest BCUT2D eigenvalue weighted by atomic mass is 9.54. The molecule has 0 unspecified atom stereocenters. The van der Waals surface area contributed by atoms with Crippen molar-refractivity contribution in [1.82, 2.24) is 10.3 Å². The number of nitrogens with one attached hydrogen (secondary N) is 1. The SMILES string of the molecule is NCCc1nc(C(=O)NC2C3CC4CC(C3)CC2C4)co1. The Balaban J connectivity index is 1.44. The first-order valence-electron chi connectivity index (χ1n) is 8.18. The van der Waals surface area contributed by atoms with Gasteiger partial charge in [0.25, 0.3) is 5.91 Å². The summed E-state index contributed by atoms with van der Waals surface area (Å²) in [4.78, 5) is 16.6. The fraction of sp³-hybridized carbons (Fsp3) is 0.750. The van der Waals surface area contributed by atoms with E-state index in [4.69, 9.17) is 10.2 Å². The van der Waals surface area contributed by atoms with Gasteiger partial charge in [0.1, 0.15) is 6.26 Å². The number of carbonyl (C=O) groups is 1. The molecular weight excluding hydrogens is 266 g/mol. The highest BCUT2D eigenvalue weighted by molar-refractivity contribution is 5.92. The molecule has 4 aliphatic carbocycles. The molecular formula is C16H23N3O2. The van der Waals surface area contributed by atoms with Crippen molar-refractivity contribution in [3.63, 3.8) is 0 Å². The predicted molar refractivity (Wildman–Crippen MR) is 77.6 cm³/mol. The Kier molecular flexibility index (Phi) is 3.25. The van der Waals surface area contributed by atoms with E-state index in [1.165, 1.54) is 38.4 Å². The van der Waals surface area contributed by atoms with Crippen molar-refractivity contribution in [3.8, 4) is 0 Å². The molecule has 5 heteroatoms. The molecule has 1 amide bonds. The van der Waals surface area contributed by atoms with Crippen molar-refractivity contribution in [3.05, 3.63) is 17.8 Å². The minimum Gasteiger partial charge on any atom is -0.448 e. The second-order valence-corrected chi connectivity index (χ2v) is 7.10. The molecule has 114 valence electrons. The molecule has 0 radical (unpaired) electrons. The van der Waals surface area contributed by atoms with E-state index in [1.807, 2.05) is 0 Å². The van der Waals surface area contributed by atoms with Crippen LogP contribution in [0.15, 0.2) is 10.7 Å². The van der Waals surface area contributed by atoms with Gasteiger partial charge in [0, 0.05) is 19.0 Å². The highest BCUT2D eigenvalue weighted by Crippen LogP contribution is 2.53. The topological polar surface area (TPSA) is 81.1 Å². The summed E-state index contributed by atoms with van der Waals surface area (Å²) in [5.41, 5.74) is 5.87. The third-order valence-corrected chi connectivity index (χ3v) is 5.67. The Morgan fingerprint density at radius 3 is 2.52 bits per heavy atom. The lowest BCUT2D eigenvalue weighted by molar-refractivity contribution is -0.0120. The van der Waals surface area contributed by atoms with Crippen LogP contribution >= 0.6 is 0 Å². The number of nitrogens with two attached hydrogens (primary N) is 1. The van der Waals surface area contributed by atoms with Crippen molar-refractivity contribution in [2.75, 3.05) is 6.54 Å². The third kappa shape index (κ3) is 2.37. The summed E-state index contributed by atoms with van der Waals surface area (Å²) in [6, 6.07) is 0.347. The standard InChI is InChI=1S/C16H23N3O2/c17-2-1-14-18-13(8-21-14)16(20)19-15-11-4-9-3-10(6-11)7-12(15)5-9/h8-12,15H,1-7,17H2,(H,19,20). The molecule has 0 saturated heterocycles. The minimum atomic E-state index is -0.0838. The highest BCUT2D eigenvalue weighted by atomic mass is 16.3. The quantitative estimate of drug-likeness (QED) is 0.884. The highest BCUT2D eigenvalue weighted by Gasteiger charge is 2.48. The van der Waals surface area contributed by atoms with Crippen LogP contribution in [0.5, 0.6) is 0 Å². The molecule has 0 atom stereocenters. The summed E-state index contributed by atoms with van der Waals surface area (Å²) in [6.07, 6.45) is 8.66. The van der Waals surface area contributed by atoms with Gasteiger partial charge in [-0.2, -0.15) is 0 Å². The van der Waals surface area contributed by atoms with Crippen LogP contribution < -0.4 is 11.1 Å². The maximum atomic E-state index is 12.4. The number of rotatable bonds is 4. The zero-order valence-corrected chi connectivity index (χ0v) is 12.3. The molecule has 4 aliphatic rings. The molecule has 1 aromatic rings. The van der Waals surface area contributed by atoms with E-state index in [-0.39, 0.29) is 5.91 Å². The van der Waals surface area contributed by atoms with Crippen LogP contribution in [0.4, 0.5) is 0 Å². The molecule has 4 saturated carbocycles. The average Bonchev–Trinajstić information content (AvgIpc) is 2.91. The second kappa shape index (κ2) is 5.13. The largest absolute Gasteiger partial charge is 0.448 e. The van der Waals surface area contributed by atoms with Crippen LogP contribution in [0.3, 0.4) is 0 Å². The lowest BCUT2D eigenvalue weighted by Gasteiger charge is -2.54. The van der Waals surface area contributed by atoms with Gasteiger partial charge < -0.3 is 15.5 Å². The van der Waals surface area contributed by atoms with Crippen LogP contribution in [-0.2, 0) is 6.42 Å². The van der Waals surface area contributed by atoms with Gasteiger partial charge in [0.2, 0.25) is 0 Å². The smallest absolute Gasteiger partial charge is 0.273 e. The van der Waals surface area contributed by atoms with Crippen LogP contribution in [0, 0.1) is 23.7 Å². The summed E-state index contributed by atoms with van der Waals surface area (Å²) in [5.74, 6) is 3.67. The normalized spacial score (nSPS) is 36.9. The van der Waals surface area contributed by atoms with Gasteiger partial charge in [0.15, 0.2) is 11.6 Å². The summed E-state index contributed by atoms with van der Waals surface area (Å²) < 4.78 is 5.28. The Bertz CT molecular complexity index is 511. The van der Waals surface area contributed by atoms with E-state index in [9.17, 15) is 4.79 Å². The van der Waals surface area contributed by atoms with Crippen molar-refractivity contribution in [2.45, 2.75) is 44.6 Å². The third-order valence-electron chi connectivity index (χ3n) is 5.67. The first-order valence-corrected chi connectivity index (χ1v) is 8.18. The van der Waals surface area contributed by atoms with Gasteiger partial charge in [0.05, 0.1) is 0 Å². The molecule has 5 nitrogen and oxygen atoms in total. The molecule has 4 bridgehead atoms. The van der Waals surface area contributed by atoms with Gasteiger partial charge in [-0.3, -0.25) is 4.79 Å². The zero-order valence-electron chi connectivity index (χ0n) is 12.3. The fourth-order valence-electron chi connectivity index (χ4n) is 5.04.